The van der Waals surface area contributed by atoms with Gasteiger partial charge in [0.1, 0.15) is 11.2 Å². The fraction of sp³-hybridized carbons (Fsp3) is 0.176. The zero-order valence-electron chi connectivity index (χ0n) is 13.3. The third kappa shape index (κ3) is 2.67. The Morgan fingerprint density at radius 3 is 1.68 bits per heavy atom. The molecule has 25 heavy (non-hydrogen) atoms. The summed E-state index contributed by atoms with van der Waals surface area (Å²) in [7, 11) is 0. The lowest BCUT2D eigenvalue weighted by Gasteiger charge is -2.09. The molecule has 0 bridgehead atoms. The third-order valence-corrected chi connectivity index (χ3v) is 3.79. The Labute approximate surface area is 140 Å². The molecule has 128 valence electrons. The van der Waals surface area contributed by atoms with Crippen LogP contribution in [0, 0.1) is 0 Å². The predicted octanol–water partition coefficient (Wildman–Crippen LogP) is 1.05. The van der Waals surface area contributed by atoms with E-state index in [4.69, 9.17) is 20.3 Å². The van der Waals surface area contributed by atoms with Gasteiger partial charge in [-0.25, -0.2) is 0 Å². The zero-order chi connectivity index (χ0) is 18.3. The Hall–Kier alpha value is -3.42. The lowest BCUT2D eigenvalue weighted by atomic mass is 10.0. The largest absolute Gasteiger partial charge is 0.450 e. The molecule has 0 saturated heterocycles. The second kappa shape index (κ2) is 5.90. The molecule has 0 spiro atoms. The van der Waals surface area contributed by atoms with Crippen molar-refractivity contribution in [3.8, 4) is 0 Å². The number of amides is 2. The van der Waals surface area contributed by atoms with Crippen molar-refractivity contribution in [3.63, 3.8) is 0 Å². The minimum absolute atomic E-state index is 0.0976. The van der Waals surface area contributed by atoms with Crippen molar-refractivity contribution in [2.24, 2.45) is 11.5 Å². The van der Waals surface area contributed by atoms with E-state index < -0.39 is 22.7 Å². The van der Waals surface area contributed by atoms with Crippen LogP contribution in [0.1, 0.15) is 40.0 Å². The molecule has 2 heterocycles. The average Bonchev–Trinajstić information content (AvgIpc) is 2.55. The van der Waals surface area contributed by atoms with Gasteiger partial charge in [-0.15, -0.1) is 0 Å². The number of benzene rings is 1. The van der Waals surface area contributed by atoms with E-state index in [-0.39, 0.29) is 33.5 Å². The van der Waals surface area contributed by atoms with Crippen LogP contribution in [-0.2, 0) is 6.42 Å². The van der Waals surface area contributed by atoms with Crippen molar-refractivity contribution in [1.29, 1.82) is 0 Å². The van der Waals surface area contributed by atoms with Gasteiger partial charge in [0.25, 0.3) is 11.8 Å². The summed E-state index contributed by atoms with van der Waals surface area (Å²) >= 11 is 0. The predicted molar refractivity (Wildman–Crippen MR) is 89.6 cm³/mol. The maximum absolute atomic E-state index is 12.3. The van der Waals surface area contributed by atoms with Crippen molar-refractivity contribution in [1.82, 2.24) is 0 Å². The van der Waals surface area contributed by atoms with Crippen LogP contribution in [0.25, 0.3) is 21.9 Å². The number of carbonyl (C=O) groups excluding carboxylic acids is 2. The van der Waals surface area contributed by atoms with Crippen LogP contribution in [0.15, 0.2) is 36.6 Å². The molecule has 0 aliphatic rings. The Morgan fingerprint density at radius 2 is 1.32 bits per heavy atom. The maximum Gasteiger partial charge on any atom is 0.284 e. The van der Waals surface area contributed by atoms with Gasteiger partial charge in [0.2, 0.25) is 0 Å². The van der Waals surface area contributed by atoms with Gasteiger partial charge in [-0.05, 0) is 12.5 Å². The highest BCUT2D eigenvalue weighted by Gasteiger charge is 2.19. The Bertz CT molecular complexity index is 1070. The van der Waals surface area contributed by atoms with Crippen molar-refractivity contribution in [3.05, 3.63) is 55.7 Å². The zero-order valence-corrected chi connectivity index (χ0v) is 13.3. The first-order valence-corrected chi connectivity index (χ1v) is 7.50. The summed E-state index contributed by atoms with van der Waals surface area (Å²) in [6.45, 7) is 1.87. The molecule has 1 aromatic carbocycles. The molecule has 0 fully saturated rings. The SMILES string of the molecule is CCCc1c2oc(C(N)=O)cc(=O)c2cc2c(=O)cc(C(N)=O)oc12. The first-order valence-electron chi connectivity index (χ1n) is 7.50. The summed E-state index contributed by atoms with van der Waals surface area (Å²) in [6, 6.07) is 3.27. The third-order valence-electron chi connectivity index (χ3n) is 3.79. The fourth-order valence-corrected chi connectivity index (χ4v) is 2.70. The molecule has 0 saturated carbocycles. The number of carbonyl (C=O) groups is 2. The van der Waals surface area contributed by atoms with Crippen molar-refractivity contribution >= 4 is 33.8 Å². The van der Waals surface area contributed by atoms with Gasteiger partial charge in [-0.3, -0.25) is 19.2 Å². The van der Waals surface area contributed by atoms with Crippen LogP contribution in [0.2, 0.25) is 0 Å². The number of hydrogen-bond donors (Lipinski definition) is 2. The molecule has 0 radical (unpaired) electrons. The molecule has 8 nitrogen and oxygen atoms in total. The van der Waals surface area contributed by atoms with Crippen molar-refractivity contribution < 1.29 is 18.4 Å². The molecule has 0 atom stereocenters. The van der Waals surface area contributed by atoms with Gasteiger partial charge in [0.15, 0.2) is 22.4 Å². The van der Waals surface area contributed by atoms with Crippen LogP contribution in [-0.4, -0.2) is 11.8 Å². The minimum Gasteiger partial charge on any atom is -0.450 e. The fourth-order valence-electron chi connectivity index (χ4n) is 2.70. The van der Waals surface area contributed by atoms with Gasteiger partial charge in [0, 0.05) is 17.7 Å². The highest BCUT2D eigenvalue weighted by atomic mass is 16.4. The second-order valence-corrected chi connectivity index (χ2v) is 5.54. The van der Waals surface area contributed by atoms with Crippen LogP contribution in [0.4, 0.5) is 0 Å². The van der Waals surface area contributed by atoms with E-state index in [1.54, 1.807) is 0 Å². The number of nitrogens with two attached hydrogens (primary N) is 2. The molecular weight excluding hydrogens is 328 g/mol. The molecule has 0 unspecified atom stereocenters. The lowest BCUT2D eigenvalue weighted by Crippen LogP contribution is -2.17. The van der Waals surface area contributed by atoms with Crippen molar-refractivity contribution in [2.45, 2.75) is 19.8 Å². The Kier molecular flexibility index (Phi) is 3.88. The van der Waals surface area contributed by atoms with Gasteiger partial charge in [-0.1, -0.05) is 13.3 Å². The molecule has 0 aliphatic carbocycles. The lowest BCUT2D eigenvalue weighted by molar-refractivity contribution is 0.0967. The standard InChI is InChI=1S/C17H14N2O6/c1-2-3-7-14-8(10(20)5-12(24-14)16(18)22)4-9-11(21)6-13(17(19)23)25-15(7)9/h4-6H,2-3H2,1H3,(H2,18,22)(H2,19,23). The molecule has 2 amide bonds. The quantitative estimate of drug-likeness (QED) is 0.677. The molecule has 8 heteroatoms. The molecule has 2 aromatic heterocycles. The minimum atomic E-state index is -0.895. The smallest absolute Gasteiger partial charge is 0.284 e. The first-order chi connectivity index (χ1) is 11.8. The summed E-state index contributed by atoms with van der Waals surface area (Å²) in [5.41, 5.74) is 9.96. The van der Waals surface area contributed by atoms with Crippen LogP contribution in [0.3, 0.4) is 0 Å². The summed E-state index contributed by atoms with van der Waals surface area (Å²) in [5.74, 6) is -2.40. The van der Waals surface area contributed by atoms with Crippen molar-refractivity contribution in [2.75, 3.05) is 0 Å². The Balaban J connectivity index is 2.57. The highest BCUT2D eigenvalue weighted by molar-refractivity contribution is 6.00. The molecule has 3 aromatic rings. The number of aryl methyl sites for hydroxylation is 1. The molecular formula is C17H14N2O6. The van der Waals surface area contributed by atoms with Gasteiger partial charge in [0.05, 0.1) is 10.8 Å². The maximum atomic E-state index is 12.3. The van der Waals surface area contributed by atoms with Gasteiger partial charge < -0.3 is 20.3 Å². The molecule has 0 aliphatic heterocycles. The summed E-state index contributed by atoms with van der Waals surface area (Å²) in [6.07, 6.45) is 1.01. The summed E-state index contributed by atoms with van der Waals surface area (Å²) < 4.78 is 11.0. The summed E-state index contributed by atoms with van der Waals surface area (Å²) in [5, 5.41) is 0.250. The number of fused-ring (bicyclic) bond motifs is 2. The van der Waals surface area contributed by atoms with Crippen LogP contribution < -0.4 is 22.3 Å². The van der Waals surface area contributed by atoms with E-state index in [2.05, 4.69) is 0 Å². The Morgan fingerprint density at radius 1 is 0.880 bits per heavy atom. The number of primary amides is 2. The normalized spacial score (nSPS) is 11.1. The second-order valence-electron chi connectivity index (χ2n) is 5.54. The first kappa shape index (κ1) is 16.4. The molecule has 4 N–H and O–H groups in total. The van der Waals surface area contributed by atoms with E-state index in [9.17, 15) is 19.2 Å². The number of rotatable bonds is 4. The monoisotopic (exact) mass is 342 g/mol. The van der Waals surface area contributed by atoms with Gasteiger partial charge in [-0.2, -0.15) is 0 Å². The average molecular weight is 342 g/mol. The highest BCUT2D eigenvalue weighted by Crippen LogP contribution is 2.28. The van der Waals surface area contributed by atoms with Crippen LogP contribution >= 0.6 is 0 Å². The van der Waals surface area contributed by atoms with E-state index in [0.29, 0.717) is 18.4 Å². The number of hydrogen-bond acceptors (Lipinski definition) is 6. The summed E-state index contributed by atoms with van der Waals surface area (Å²) in [4.78, 5) is 47.4. The topological polar surface area (TPSA) is 147 Å². The van der Waals surface area contributed by atoms with E-state index in [0.717, 1.165) is 12.1 Å². The molecule has 3 rings (SSSR count). The van der Waals surface area contributed by atoms with E-state index in [1.807, 2.05) is 6.92 Å². The van der Waals surface area contributed by atoms with E-state index >= 15 is 0 Å². The van der Waals surface area contributed by atoms with Crippen LogP contribution in [0.5, 0.6) is 0 Å². The van der Waals surface area contributed by atoms with E-state index in [1.165, 1.54) is 6.07 Å². The van der Waals surface area contributed by atoms with Gasteiger partial charge >= 0.3 is 0 Å².